The molecule has 0 bridgehead atoms. The van der Waals surface area contributed by atoms with Gasteiger partial charge in [0.2, 0.25) is 0 Å². The summed E-state index contributed by atoms with van der Waals surface area (Å²) in [5.41, 5.74) is 2.38. The first-order chi connectivity index (χ1) is 7.85. The van der Waals surface area contributed by atoms with Crippen LogP contribution in [0.1, 0.15) is 31.7 Å². The van der Waals surface area contributed by atoms with E-state index in [9.17, 15) is 0 Å². The number of fused-ring (bicyclic) bond motifs is 1. The van der Waals surface area contributed by atoms with Gasteiger partial charge in [-0.2, -0.15) is 0 Å². The molecule has 0 fully saturated rings. The van der Waals surface area contributed by atoms with Gasteiger partial charge in [-0.15, -0.1) is 0 Å². The van der Waals surface area contributed by atoms with Crippen molar-refractivity contribution in [3.05, 3.63) is 54.2 Å². The van der Waals surface area contributed by atoms with Crippen LogP contribution >= 0.6 is 0 Å². The molecule has 82 valence electrons. The van der Waals surface area contributed by atoms with Crippen LogP contribution < -0.4 is 0 Å². The zero-order valence-electron chi connectivity index (χ0n) is 9.85. The molecule has 1 heteroatoms. The highest BCUT2D eigenvalue weighted by Gasteiger charge is 2.06. The first kappa shape index (κ1) is 10.9. The Morgan fingerprint density at radius 3 is 2.88 bits per heavy atom. The molecule has 0 saturated heterocycles. The number of hydrogen-bond donors (Lipinski definition) is 0. The Balaban J connectivity index is 2.45. The molecule has 0 amide bonds. The van der Waals surface area contributed by atoms with Crippen molar-refractivity contribution < 1.29 is 0 Å². The van der Waals surface area contributed by atoms with Crippen molar-refractivity contribution >= 4 is 10.9 Å². The maximum absolute atomic E-state index is 4.50. The molecule has 0 saturated carbocycles. The molecule has 0 spiro atoms. The summed E-state index contributed by atoms with van der Waals surface area (Å²) in [6, 6.07) is 10.5. The fourth-order valence-corrected chi connectivity index (χ4v) is 2.01. The van der Waals surface area contributed by atoms with E-state index in [1.54, 1.807) is 0 Å². The third-order valence-electron chi connectivity index (χ3n) is 2.90. The smallest absolute Gasteiger partial charge is 0.0702 e. The van der Waals surface area contributed by atoms with Crippen molar-refractivity contribution in [1.29, 1.82) is 0 Å². The summed E-state index contributed by atoms with van der Waals surface area (Å²) < 4.78 is 0. The van der Waals surface area contributed by atoms with Crippen LogP contribution in [0, 0.1) is 0 Å². The van der Waals surface area contributed by atoms with Gasteiger partial charge in [-0.25, -0.2) is 0 Å². The van der Waals surface area contributed by atoms with E-state index in [1.807, 2.05) is 12.3 Å². The fraction of sp³-hybridized carbons (Fsp3) is 0.267. The quantitative estimate of drug-likeness (QED) is 0.689. The van der Waals surface area contributed by atoms with Crippen molar-refractivity contribution in [1.82, 2.24) is 4.98 Å². The Hall–Kier alpha value is -1.63. The van der Waals surface area contributed by atoms with Crippen LogP contribution in [0.5, 0.6) is 0 Å². The van der Waals surface area contributed by atoms with Gasteiger partial charge in [0.25, 0.3) is 0 Å². The Labute approximate surface area is 96.8 Å². The predicted molar refractivity (Wildman–Crippen MR) is 69.6 cm³/mol. The van der Waals surface area contributed by atoms with Gasteiger partial charge in [-0.3, -0.25) is 4.98 Å². The standard InChI is InChI=1S/C15H17N/c1-3-7-12(4-2)14-10-13-8-5-6-9-15(13)16-11-14/h3,5-12H,4H2,1-2H3/b7-3+. The zero-order valence-corrected chi connectivity index (χ0v) is 9.85. The number of para-hydroxylation sites is 1. The molecule has 2 aromatic rings. The lowest BCUT2D eigenvalue weighted by Gasteiger charge is -2.10. The molecule has 0 N–H and O–H groups in total. The molecule has 0 aliphatic carbocycles. The van der Waals surface area contributed by atoms with Gasteiger partial charge in [0, 0.05) is 17.5 Å². The summed E-state index contributed by atoms with van der Waals surface area (Å²) in [5, 5.41) is 1.22. The molecule has 1 heterocycles. The highest BCUT2D eigenvalue weighted by Crippen LogP contribution is 2.23. The third kappa shape index (κ3) is 2.13. The Morgan fingerprint density at radius 1 is 1.31 bits per heavy atom. The highest BCUT2D eigenvalue weighted by atomic mass is 14.6. The van der Waals surface area contributed by atoms with Crippen molar-refractivity contribution in [2.45, 2.75) is 26.2 Å². The molecule has 0 radical (unpaired) electrons. The van der Waals surface area contributed by atoms with E-state index in [1.165, 1.54) is 10.9 Å². The molecule has 0 aliphatic rings. The maximum Gasteiger partial charge on any atom is 0.0702 e. The number of nitrogens with zero attached hydrogens (tertiary/aromatic N) is 1. The van der Waals surface area contributed by atoms with Crippen molar-refractivity contribution in [2.24, 2.45) is 0 Å². The monoisotopic (exact) mass is 211 g/mol. The number of pyridine rings is 1. The molecule has 16 heavy (non-hydrogen) atoms. The van der Waals surface area contributed by atoms with Gasteiger partial charge in [-0.05, 0) is 31.0 Å². The van der Waals surface area contributed by atoms with Crippen LogP contribution in [0.3, 0.4) is 0 Å². The topological polar surface area (TPSA) is 12.9 Å². The average molecular weight is 211 g/mol. The Kier molecular flexibility index (Phi) is 3.35. The first-order valence-electron chi connectivity index (χ1n) is 5.82. The van der Waals surface area contributed by atoms with Gasteiger partial charge in [0.05, 0.1) is 5.52 Å². The number of benzene rings is 1. The average Bonchev–Trinajstić information content (AvgIpc) is 2.35. The molecule has 0 aliphatic heterocycles. The number of rotatable bonds is 3. The van der Waals surface area contributed by atoms with Gasteiger partial charge in [-0.1, -0.05) is 37.3 Å². The number of allylic oxidation sites excluding steroid dienone is 2. The van der Waals surface area contributed by atoms with E-state index < -0.39 is 0 Å². The van der Waals surface area contributed by atoms with Crippen LogP contribution in [-0.2, 0) is 0 Å². The van der Waals surface area contributed by atoms with Gasteiger partial charge in [0.1, 0.15) is 0 Å². The number of aromatic nitrogens is 1. The van der Waals surface area contributed by atoms with E-state index in [-0.39, 0.29) is 0 Å². The third-order valence-corrected chi connectivity index (χ3v) is 2.90. The van der Waals surface area contributed by atoms with Crippen LogP contribution in [0.25, 0.3) is 10.9 Å². The minimum absolute atomic E-state index is 0.488. The zero-order chi connectivity index (χ0) is 11.4. The van der Waals surface area contributed by atoms with Gasteiger partial charge in [0.15, 0.2) is 0 Å². The van der Waals surface area contributed by atoms with Gasteiger partial charge < -0.3 is 0 Å². The highest BCUT2D eigenvalue weighted by molar-refractivity contribution is 5.78. The molecule has 1 nitrogen and oxygen atoms in total. The lowest BCUT2D eigenvalue weighted by molar-refractivity contribution is 0.801. The van der Waals surface area contributed by atoms with E-state index in [0.717, 1.165) is 11.9 Å². The second kappa shape index (κ2) is 4.93. The van der Waals surface area contributed by atoms with E-state index in [4.69, 9.17) is 0 Å². The van der Waals surface area contributed by atoms with Crippen LogP contribution in [-0.4, -0.2) is 4.98 Å². The fourth-order valence-electron chi connectivity index (χ4n) is 2.01. The summed E-state index contributed by atoms with van der Waals surface area (Å²) in [4.78, 5) is 4.50. The van der Waals surface area contributed by atoms with E-state index in [0.29, 0.717) is 5.92 Å². The summed E-state index contributed by atoms with van der Waals surface area (Å²) >= 11 is 0. The summed E-state index contributed by atoms with van der Waals surface area (Å²) in [5.74, 6) is 0.488. The Morgan fingerprint density at radius 2 is 2.12 bits per heavy atom. The van der Waals surface area contributed by atoms with E-state index in [2.05, 4.69) is 55.2 Å². The summed E-state index contributed by atoms with van der Waals surface area (Å²) in [6.45, 7) is 4.27. The van der Waals surface area contributed by atoms with Crippen molar-refractivity contribution in [2.75, 3.05) is 0 Å². The summed E-state index contributed by atoms with van der Waals surface area (Å²) in [6.07, 6.45) is 7.47. The SMILES string of the molecule is C/C=C/C(CC)c1cnc2ccccc2c1. The number of hydrogen-bond acceptors (Lipinski definition) is 1. The van der Waals surface area contributed by atoms with Crippen LogP contribution in [0.4, 0.5) is 0 Å². The largest absolute Gasteiger partial charge is 0.256 e. The predicted octanol–water partition coefficient (Wildman–Crippen LogP) is 4.30. The maximum atomic E-state index is 4.50. The molecule has 1 atom stereocenters. The van der Waals surface area contributed by atoms with Gasteiger partial charge >= 0.3 is 0 Å². The second-order valence-electron chi connectivity index (χ2n) is 4.00. The van der Waals surface area contributed by atoms with Crippen molar-refractivity contribution in [3.63, 3.8) is 0 Å². The lowest BCUT2D eigenvalue weighted by Crippen LogP contribution is -1.94. The molecular formula is C15H17N. The molecular weight excluding hydrogens is 194 g/mol. The lowest BCUT2D eigenvalue weighted by atomic mass is 9.96. The molecule has 2 rings (SSSR count). The molecule has 1 unspecified atom stereocenters. The van der Waals surface area contributed by atoms with E-state index >= 15 is 0 Å². The molecule has 1 aromatic carbocycles. The van der Waals surface area contributed by atoms with Crippen molar-refractivity contribution in [3.8, 4) is 0 Å². The summed E-state index contributed by atoms with van der Waals surface area (Å²) in [7, 11) is 0. The Bertz CT molecular complexity index is 500. The van der Waals surface area contributed by atoms with Crippen LogP contribution in [0.15, 0.2) is 48.7 Å². The normalized spacial score (nSPS) is 13.4. The minimum atomic E-state index is 0.488. The first-order valence-corrected chi connectivity index (χ1v) is 5.82. The second-order valence-corrected chi connectivity index (χ2v) is 4.00. The van der Waals surface area contributed by atoms with Crippen LogP contribution in [0.2, 0.25) is 0 Å². The minimum Gasteiger partial charge on any atom is -0.256 e. The molecule has 1 aromatic heterocycles.